The number of esters is 1. The Morgan fingerprint density at radius 2 is 2.00 bits per heavy atom. The minimum Gasteiger partial charge on any atom is -0.490 e. The first-order valence-corrected chi connectivity index (χ1v) is 7.63. The van der Waals surface area contributed by atoms with Crippen molar-refractivity contribution < 1.29 is 18.7 Å². The third-order valence-corrected chi connectivity index (χ3v) is 3.35. The van der Waals surface area contributed by atoms with E-state index in [0.717, 1.165) is 11.3 Å². The van der Waals surface area contributed by atoms with Gasteiger partial charge in [0.15, 0.2) is 0 Å². The zero-order chi connectivity index (χ0) is 16.8. The Labute approximate surface area is 139 Å². The smallest absolute Gasteiger partial charge is 0.374 e. The van der Waals surface area contributed by atoms with E-state index in [1.165, 1.54) is 0 Å². The maximum absolute atomic E-state index is 11.9. The SMILES string of the molecule is Cc1ccc(OCCOC(=O)c2ccc(Cn3cccn3)o2)cc1. The van der Waals surface area contributed by atoms with Crippen molar-refractivity contribution in [1.29, 1.82) is 0 Å². The number of ether oxygens (including phenoxy) is 2. The van der Waals surface area contributed by atoms with Crippen LogP contribution in [0.1, 0.15) is 21.9 Å². The molecule has 0 N–H and O–H groups in total. The van der Waals surface area contributed by atoms with Crippen LogP contribution in [0, 0.1) is 6.92 Å². The largest absolute Gasteiger partial charge is 0.490 e. The number of nitrogens with zero attached hydrogens (tertiary/aromatic N) is 2. The molecule has 0 spiro atoms. The van der Waals surface area contributed by atoms with E-state index in [0.29, 0.717) is 12.3 Å². The summed E-state index contributed by atoms with van der Waals surface area (Å²) in [5.74, 6) is 1.06. The highest BCUT2D eigenvalue weighted by Gasteiger charge is 2.13. The Balaban J connectivity index is 1.43. The summed E-state index contributed by atoms with van der Waals surface area (Å²) in [6.07, 6.45) is 3.51. The molecular weight excluding hydrogens is 308 g/mol. The molecule has 3 rings (SSSR count). The van der Waals surface area contributed by atoms with Crippen molar-refractivity contribution in [2.45, 2.75) is 13.5 Å². The van der Waals surface area contributed by atoms with E-state index in [1.54, 1.807) is 23.0 Å². The van der Waals surface area contributed by atoms with Crippen molar-refractivity contribution in [3.05, 3.63) is 71.9 Å². The third-order valence-electron chi connectivity index (χ3n) is 3.35. The molecule has 0 aliphatic rings. The van der Waals surface area contributed by atoms with Crippen molar-refractivity contribution in [1.82, 2.24) is 9.78 Å². The molecule has 6 nitrogen and oxygen atoms in total. The number of furan rings is 1. The lowest BCUT2D eigenvalue weighted by Gasteiger charge is -2.06. The minimum absolute atomic E-state index is 0.155. The number of rotatable bonds is 7. The van der Waals surface area contributed by atoms with Crippen molar-refractivity contribution in [3.8, 4) is 5.75 Å². The van der Waals surface area contributed by atoms with Gasteiger partial charge in [0.1, 0.15) is 24.7 Å². The van der Waals surface area contributed by atoms with Gasteiger partial charge >= 0.3 is 5.97 Å². The van der Waals surface area contributed by atoms with E-state index in [2.05, 4.69) is 5.10 Å². The Hall–Kier alpha value is -3.02. The molecule has 0 bridgehead atoms. The van der Waals surface area contributed by atoms with Crippen molar-refractivity contribution in [3.63, 3.8) is 0 Å². The van der Waals surface area contributed by atoms with Gasteiger partial charge in [0.2, 0.25) is 5.76 Å². The van der Waals surface area contributed by atoms with Gasteiger partial charge in [-0.3, -0.25) is 4.68 Å². The number of benzene rings is 1. The molecule has 124 valence electrons. The first-order valence-electron chi connectivity index (χ1n) is 7.63. The van der Waals surface area contributed by atoms with Crippen LogP contribution in [0.2, 0.25) is 0 Å². The van der Waals surface area contributed by atoms with Crippen molar-refractivity contribution in [2.24, 2.45) is 0 Å². The van der Waals surface area contributed by atoms with Crippen LogP contribution in [0.5, 0.6) is 5.75 Å². The van der Waals surface area contributed by atoms with Gasteiger partial charge in [-0.15, -0.1) is 0 Å². The van der Waals surface area contributed by atoms with E-state index in [9.17, 15) is 4.79 Å². The zero-order valence-corrected chi connectivity index (χ0v) is 13.3. The quantitative estimate of drug-likeness (QED) is 0.493. The molecule has 0 saturated carbocycles. The van der Waals surface area contributed by atoms with Gasteiger partial charge in [-0.05, 0) is 37.3 Å². The summed E-state index contributed by atoms with van der Waals surface area (Å²) in [6.45, 7) is 2.92. The van der Waals surface area contributed by atoms with E-state index in [1.807, 2.05) is 43.5 Å². The molecule has 1 aromatic carbocycles. The van der Waals surface area contributed by atoms with Crippen LogP contribution in [0.3, 0.4) is 0 Å². The van der Waals surface area contributed by atoms with Gasteiger partial charge in [-0.2, -0.15) is 5.10 Å². The highest BCUT2D eigenvalue weighted by atomic mass is 16.6. The van der Waals surface area contributed by atoms with Crippen LogP contribution in [0.25, 0.3) is 0 Å². The molecule has 24 heavy (non-hydrogen) atoms. The molecule has 0 unspecified atom stereocenters. The molecule has 2 heterocycles. The second kappa shape index (κ2) is 7.50. The van der Waals surface area contributed by atoms with E-state index >= 15 is 0 Å². The Morgan fingerprint density at radius 1 is 1.17 bits per heavy atom. The summed E-state index contributed by atoms with van der Waals surface area (Å²) >= 11 is 0. The molecule has 2 aromatic heterocycles. The summed E-state index contributed by atoms with van der Waals surface area (Å²) in [5.41, 5.74) is 1.16. The maximum Gasteiger partial charge on any atom is 0.374 e. The molecule has 0 fully saturated rings. The average Bonchev–Trinajstić information content (AvgIpc) is 3.25. The zero-order valence-electron chi connectivity index (χ0n) is 13.3. The van der Waals surface area contributed by atoms with Gasteiger partial charge < -0.3 is 13.9 Å². The van der Waals surface area contributed by atoms with Crippen LogP contribution in [-0.4, -0.2) is 29.0 Å². The normalized spacial score (nSPS) is 10.5. The van der Waals surface area contributed by atoms with Gasteiger partial charge in [0.05, 0.1) is 6.54 Å². The molecule has 3 aromatic rings. The summed E-state index contributed by atoms with van der Waals surface area (Å²) in [6, 6.07) is 12.8. The van der Waals surface area contributed by atoms with Gasteiger partial charge in [-0.25, -0.2) is 4.79 Å². The van der Waals surface area contributed by atoms with Crippen LogP contribution in [-0.2, 0) is 11.3 Å². The molecule has 6 heteroatoms. The lowest BCUT2D eigenvalue weighted by atomic mass is 10.2. The molecule has 0 saturated heterocycles. The monoisotopic (exact) mass is 326 g/mol. The molecule has 0 radical (unpaired) electrons. The van der Waals surface area contributed by atoms with Crippen LogP contribution in [0.4, 0.5) is 0 Å². The molecular formula is C18H18N2O4. The fraction of sp³-hybridized carbons (Fsp3) is 0.222. The number of hydrogen-bond donors (Lipinski definition) is 0. The lowest BCUT2D eigenvalue weighted by molar-refractivity contribution is 0.0413. The van der Waals surface area contributed by atoms with E-state index in [4.69, 9.17) is 13.9 Å². The Bertz CT molecular complexity index is 776. The highest BCUT2D eigenvalue weighted by molar-refractivity contribution is 5.86. The van der Waals surface area contributed by atoms with E-state index in [-0.39, 0.29) is 19.0 Å². The molecule has 0 aliphatic carbocycles. The summed E-state index contributed by atoms with van der Waals surface area (Å²) in [5, 5.41) is 4.08. The van der Waals surface area contributed by atoms with Gasteiger partial charge in [0, 0.05) is 12.4 Å². The van der Waals surface area contributed by atoms with E-state index < -0.39 is 5.97 Å². The number of aryl methyl sites for hydroxylation is 1. The molecule has 0 aliphatic heterocycles. The average molecular weight is 326 g/mol. The highest BCUT2D eigenvalue weighted by Crippen LogP contribution is 2.12. The summed E-state index contributed by atoms with van der Waals surface area (Å²) < 4.78 is 17.8. The van der Waals surface area contributed by atoms with Crippen LogP contribution in [0.15, 0.2) is 59.3 Å². The maximum atomic E-state index is 11.9. The lowest BCUT2D eigenvalue weighted by Crippen LogP contribution is -2.11. The Morgan fingerprint density at radius 3 is 2.75 bits per heavy atom. The summed E-state index contributed by atoms with van der Waals surface area (Å²) in [4.78, 5) is 11.9. The predicted molar refractivity (Wildman–Crippen MR) is 87.0 cm³/mol. The topological polar surface area (TPSA) is 66.5 Å². The van der Waals surface area contributed by atoms with Crippen molar-refractivity contribution >= 4 is 5.97 Å². The number of aromatic nitrogens is 2. The standard InChI is InChI=1S/C18H18N2O4/c1-14-3-5-15(6-4-14)22-11-12-23-18(21)17-8-7-16(24-17)13-20-10-2-9-19-20/h2-10H,11-13H2,1H3. The van der Waals surface area contributed by atoms with Gasteiger partial charge in [-0.1, -0.05) is 17.7 Å². The summed E-state index contributed by atoms with van der Waals surface area (Å²) in [7, 11) is 0. The van der Waals surface area contributed by atoms with Crippen LogP contribution >= 0.6 is 0 Å². The molecule has 0 atom stereocenters. The first-order chi connectivity index (χ1) is 11.7. The second-order valence-electron chi connectivity index (χ2n) is 5.27. The van der Waals surface area contributed by atoms with Crippen LogP contribution < -0.4 is 4.74 Å². The fourth-order valence-corrected chi connectivity index (χ4v) is 2.13. The Kier molecular flexibility index (Phi) is 4.96. The number of carbonyl (C=O) groups excluding carboxylic acids is 1. The fourth-order valence-electron chi connectivity index (χ4n) is 2.13. The number of carbonyl (C=O) groups is 1. The molecule has 0 amide bonds. The third kappa shape index (κ3) is 4.25. The van der Waals surface area contributed by atoms with Crippen molar-refractivity contribution in [2.75, 3.05) is 13.2 Å². The second-order valence-corrected chi connectivity index (χ2v) is 5.27. The first kappa shape index (κ1) is 15.9. The predicted octanol–water partition coefficient (Wildman–Crippen LogP) is 3.07. The minimum atomic E-state index is -0.505. The number of hydrogen-bond acceptors (Lipinski definition) is 5. The van der Waals surface area contributed by atoms with Gasteiger partial charge in [0.25, 0.3) is 0 Å².